The van der Waals surface area contributed by atoms with Crippen molar-refractivity contribution in [1.82, 2.24) is 4.90 Å². The molecule has 0 heterocycles. The Morgan fingerprint density at radius 1 is 1.27 bits per heavy atom. The first kappa shape index (κ1) is 17.4. The Kier molecular flexibility index (Phi) is 6.38. The number of aldehydes is 1. The summed E-state index contributed by atoms with van der Waals surface area (Å²) in [5.41, 5.74) is 0. The first-order chi connectivity index (χ1) is 10.6. The van der Waals surface area contributed by atoms with Crippen LogP contribution in [-0.2, 0) is 14.3 Å². The molecular weight excluding hydrogens is 282 g/mol. The quantitative estimate of drug-likeness (QED) is 0.545. The van der Waals surface area contributed by atoms with Crippen LogP contribution in [0, 0.1) is 23.7 Å². The average molecular weight is 311 g/mol. The molecule has 2 saturated carbocycles. The molecule has 0 radical (unpaired) electrons. The van der Waals surface area contributed by atoms with E-state index in [0.29, 0.717) is 24.4 Å². The fourth-order valence-corrected chi connectivity index (χ4v) is 4.28. The lowest BCUT2D eigenvalue weighted by molar-refractivity contribution is -0.135. The van der Waals surface area contributed by atoms with Crippen LogP contribution in [0.15, 0.2) is 0 Å². The Hall–Kier alpha value is -0.940. The molecule has 5 atom stereocenters. The third-order valence-electron chi connectivity index (χ3n) is 5.50. The van der Waals surface area contributed by atoms with Crippen molar-refractivity contribution in [2.45, 2.75) is 45.6 Å². The van der Waals surface area contributed by atoms with E-state index in [4.69, 9.17) is 4.74 Å². The molecule has 0 aromatic heterocycles. The predicted molar refractivity (Wildman–Crippen MR) is 83.2 cm³/mol. The van der Waals surface area contributed by atoms with Gasteiger partial charge in [0.25, 0.3) is 0 Å². The summed E-state index contributed by atoms with van der Waals surface area (Å²) < 4.78 is 5.53. The maximum Gasteiger partial charge on any atom is 0.248 e. The van der Waals surface area contributed by atoms with Gasteiger partial charge >= 0.3 is 0 Å². The van der Waals surface area contributed by atoms with Gasteiger partial charge in [0.15, 0.2) is 0 Å². The maximum atomic E-state index is 11.8. The zero-order valence-electron chi connectivity index (χ0n) is 13.7. The average Bonchev–Trinajstić information content (AvgIpc) is 3.00. The first-order valence-corrected chi connectivity index (χ1v) is 8.59. The predicted octanol–water partition coefficient (Wildman–Crippen LogP) is 1.48. The fourth-order valence-electron chi connectivity index (χ4n) is 4.28. The van der Waals surface area contributed by atoms with E-state index >= 15 is 0 Å². The standard InChI is InChI=1S/C17H29NO4/c1-3-18(4-2)17(21)11-22-6-5-12-7-13-9-16(20)15(10-19)14(13)8-12/h10,12-16,20H,3-9,11H2,1-2H3/t12?,13-,14-,15+,16+/m1/s1. The number of fused-ring (bicyclic) bond motifs is 1. The minimum atomic E-state index is -0.434. The lowest BCUT2D eigenvalue weighted by Gasteiger charge is -2.19. The number of likely N-dealkylation sites (N-methyl/N-ethyl adjacent to an activating group) is 1. The summed E-state index contributed by atoms with van der Waals surface area (Å²) >= 11 is 0. The van der Waals surface area contributed by atoms with Crippen molar-refractivity contribution in [2.75, 3.05) is 26.3 Å². The van der Waals surface area contributed by atoms with E-state index in [9.17, 15) is 14.7 Å². The molecule has 5 heteroatoms. The van der Waals surface area contributed by atoms with Crippen molar-refractivity contribution in [3.8, 4) is 0 Å². The Morgan fingerprint density at radius 2 is 2.00 bits per heavy atom. The summed E-state index contributed by atoms with van der Waals surface area (Å²) in [7, 11) is 0. The number of carbonyl (C=O) groups excluding carboxylic acids is 2. The Balaban J connectivity index is 1.66. The van der Waals surface area contributed by atoms with Crippen LogP contribution in [-0.4, -0.2) is 54.6 Å². The van der Waals surface area contributed by atoms with Gasteiger partial charge in [-0.2, -0.15) is 0 Å². The van der Waals surface area contributed by atoms with Crippen molar-refractivity contribution < 1.29 is 19.4 Å². The van der Waals surface area contributed by atoms with Crippen LogP contribution in [0.4, 0.5) is 0 Å². The molecule has 0 bridgehead atoms. The van der Waals surface area contributed by atoms with Crippen LogP contribution in [0.1, 0.15) is 39.5 Å². The van der Waals surface area contributed by atoms with Gasteiger partial charge in [-0.25, -0.2) is 0 Å². The Labute approximate surface area is 133 Å². The van der Waals surface area contributed by atoms with E-state index < -0.39 is 6.10 Å². The van der Waals surface area contributed by atoms with Crippen LogP contribution >= 0.6 is 0 Å². The first-order valence-electron chi connectivity index (χ1n) is 8.59. The van der Waals surface area contributed by atoms with Gasteiger partial charge in [-0.3, -0.25) is 4.79 Å². The third kappa shape index (κ3) is 3.87. The third-order valence-corrected chi connectivity index (χ3v) is 5.50. The lowest BCUT2D eigenvalue weighted by Crippen LogP contribution is -2.33. The van der Waals surface area contributed by atoms with Crippen LogP contribution in [0.5, 0.6) is 0 Å². The number of carbonyl (C=O) groups is 2. The highest BCUT2D eigenvalue weighted by atomic mass is 16.5. The van der Waals surface area contributed by atoms with E-state index in [0.717, 1.165) is 45.1 Å². The summed E-state index contributed by atoms with van der Waals surface area (Å²) in [6.07, 6.45) is 4.32. The Morgan fingerprint density at radius 3 is 2.64 bits per heavy atom. The molecule has 1 amide bonds. The lowest BCUT2D eigenvalue weighted by atomic mass is 9.91. The monoisotopic (exact) mass is 311 g/mol. The summed E-state index contributed by atoms with van der Waals surface area (Å²) in [6.45, 7) is 6.15. The van der Waals surface area contributed by atoms with E-state index in [1.54, 1.807) is 4.90 Å². The van der Waals surface area contributed by atoms with Gasteiger partial charge in [-0.1, -0.05) is 0 Å². The highest BCUT2D eigenvalue weighted by molar-refractivity contribution is 5.77. The molecule has 0 aliphatic heterocycles. The second-order valence-corrected chi connectivity index (χ2v) is 6.69. The van der Waals surface area contributed by atoms with Gasteiger partial charge < -0.3 is 19.5 Å². The number of rotatable bonds is 8. The smallest absolute Gasteiger partial charge is 0.248 e. The van der Waals surface area contributed by atoms with E-state index in [1.165, 1.54) is 0 Å². The normalized spacial score (nSPS) is 33.7. The molecule has 2 rings (SSSR count). The second-order valence-electron chi connectivity index (χ2n) is 6.69. The number of aliphatic hydroxyl groups is 1. The zero-order valence-corrected chi connectivity index (χ0v) is 13.7. The van der Waals surface area contributed by atoms with Crippen LogP contribution in [0.2, 0.25) is 0 Å². The molecule has 1 unspecified atom stereocenters. The molecule has 2 aliphatic carbocycles. The van der Waals surface area contributed by atoms with E-state index in [-0.39, 0.29) is 18.4 Å². The molecule has 5 nitrogen and oxygen atoms in total. The van der Waals surface area contributed by atoms with Crippen molar-refractivity contribution in [3.05, 3.63) is 0 Å². The number of nitrogens with zero attached hydrogens (tertiary/aromatic N) is 1. The van der Waals surface area contributed by atoms with Crippen molar-refractivity contribution in [1.29, 1.82) is 0 Å². The van der Waals surface area contributed by atoms with Crippen LogP contribution < -0.4 is 0 Å². The maximum absolute atomic E-state index is 11.8. The molecular formula is C17H29NO4. The highest BCUT2D eigenvalue weighted by Gasteiger charge is 2.47. The summed E-state index contributed by atoms with van der Waals surface area (Å²) in [4.78, 5) is 24.7. The molecule has 0 saturated heterocycles. The minimum Gasteiger partial charge on any atom is -0.392 e. The van der Waals surface area contributed by atoms with Crippen molar-refractivity contribution >= 4 is 12.2 Å². The van der Waals surface area contributed by atoms with Gasteiger partial charge in [-0.05, 0) is 57.3 Å². The summed E-state index contributed by atoms with van der Waals surface area (Å²) in [5.74, 6) is 1.30. The van der Waals surface area contributed by atoms with Gasteiger partial charge in [0.2, 0.25) is 5.91 Å². The van der Waals surface area contributed by atoms with E-state index in [1.807, 2.05) is 13.8 Å². The summed E-state index contributed by atoms with van der Waals surface area (Å²) in [6, 6.07) is 0. The van der Waals surface area contributed by atoms with Gasteiger partial charge in [-0.15, -0.1) is 0 Å². The molecule has 0 aromatic rings. The molecule has 2 aliphatic rings. The number of amides is 1. The largest absolute Gasteiger partial charge is 0.392 e. The molecule has 1 N–H and O–H groups in total. The molecule has 22 heavy (non-hydrogen) atoms. The number of aliphatic hydroxyl groups excluding tert-OH is 1. The van der Waals surface area contributed by atoms with Gasteiger partial charge in [0, 0.05) is 25.6 Å². The van der Waals surface area contributed by atoms with Crippen molar-refractivity contribution in [3.63, 3.8) is 0 Å². The number of hydrogen-bond donors (Lipinski definition) is 1. The van der Waals surface area contributed by atoms with Gasteiger partial charge in [0.05, 0.1) is 6.10 Å². The van der Waals surface area contributed by atoms with Crippen LogP contribution in [0.3, 0.4) is 0 Å². The molecule has 0 aromatic carbocycles. The van der Waals surface area contributed by atoms with Crippen molar-refractivity contribution in [2.24, 2.45) is 23.7 Å². The second kappa shape index (κ2) is 8.06. The number of hydrogen-bond acceptors (Lipinski definition) is 4. The highest BCUT2D eigenvalue weighted by Crippen LogP contribution is 2.50. The Bertz CT molecular complexity index is 383. The minimum absolute atomic E-state index is 0.0532. The van der Waals surface area contributed by atoms with Gasteiger partial charge in [0.1, 0.15) is 12.9 Å². The topological polar surface area (TPSA) is 66.8 Å². The molecule has 126 valence electrons. The SMILES string of the molecule is CCN(CC)C(=O)COCCC1C[C@@H]2C[C@H](O)[C@@H](C=O)[C@@H]2C1. The van der Waals surface area contributed by atoms with Crippen LogP contribution in [0.25, 0.3) is 0 Å². The molecule has 0 spiro atoms. The zero-order chi connectivity index (χ0) is 16.1. The fraction of sp³-hybridized carbons (Fsp3) is 0.882. The summed E-state index contributed by atoms with van der Waals surface area (Å²) in [5, 5.41) is 9.86. The molecule has 2 fully saturated rings. The van der Waals surface area contributed by atoms with E-state index in [2.05, 4.69) is 0 Å². The number of ether oxygens (including phenoxy) is 1.